The maximum Gasteiger partial charge on any atom is 0.327 e. The van der Waals surface area contributed by atoms with Crippen molar-refractivity contribution in [3.05, 3.63) is 0 Å². The van der Waals surface area contributed by atoms with E-state index in [2.05, 4.69) is 0 Å². The van der Waals surface area contributed by atoms with E-state index in [1.807, 2.05) is 25.7 Å². The third kappa shape index (κ3) is 3.07. The number of urea groups is 1. The van der Waals surface area contributed by atoms with Gasteiger partial charge >= 0.3 is 12.0 Å². The summed E-state index contributed by atoms with van der Waals surface area (Å²) in [6.07, 6.45) is 4.11. The van der Waals surface area contributed by atoms with E-state index in [1.165, 1.54) is 12.8 Å². The van der Waals surface area contributed by atoms with Gasteiger partial charge in [-0.3, -0.25) is 0 Å². The largest absolute Gasteiger partial charge is 0.480 e. The first kappa shape index (κ1) is 15.1. The Morgan fingerprint density at radius 3 is 2.50 bits per heavy atom. The number of piperidine rings is 1. The predicted octanol–water partition coefficient (Wildman–Crippen LogP) is 2.41. The van der Waals surface area contributed by atoms with E-state index in [-0.39, 0.29) is 11.4 Å². The minimum Gasteiger partial charge on any atom is -0.480 e. The van der Waals surface area contributed by atoms with Gasteiger partial charge in [0, 0.05) is 19.6 Å². The van der Waals surface area contributed by atoms with Crippen LogP contribution in [0.3, 0.4) is 0 Å². The summed E-state index contributed by atoms with van der Waals surface area (Å²) < 4.78 is 0. The predicted molar refractivity (Wildman–Crippen MR) is 76.5 cm³/mol. The first-order valence-electron chi connectivity index (χ1n) is 7.65. The lowest BCUT2D eigenvalue weighted by molar-refractivity contribution is -0.148. The fraction of sp³-hybridized carbons (Fsp3) is 0.867. The lowest BCUT2D eigenvalue weighted by atomic mass is 9.76. The Kier molecular flexibility index (Phi) is 4.25. The van der Waals surface area contributed by atoms with E-state index in [1.54, 1.807) is 4.90 Å². The highest BCUT2D eigenvalue weighted by Gasteiger charge is 2.45. The van der Waals surface area contributed by atoms with E-state index in [4.69, 9.17) is 0 Å². The van der Waals surface area contributed by atoms with Gasteiger partial charge in [-0.1, -0.05) is 13.8 Å². The number of carbonyl (C=O) groups excluding carboxylic acids is 1. The summed E-state index contributed by atoms with van der Waals surface area (Å²) in [6, 6.07) is -0.809. The number of nitrogens with zero attached hydrogens (tertiary/aromatic N) is 2. The summed E-state index contributed by atoms with van der Waals surface area (Å²) in [6.45, 7) is 7.84. The van der Waals surface area contributed by atoms with Crippen molar-refractivity contribution in [2.45, 2.75) is 52.5 Å². The second kappa shape index (κ2) is 5.62. The lowest BCUT2D eigenvalue weighted by Crippen LogP contribution is -2.59. The van der Waals surface area contributed by atoms with Gasteiger partial charge in [-0.15, -0.1) is 0 Å². The van der Waals surface area contributed by atoms with Crippen molar-refractivity contribution in [3.63, 3.8) is 0 Å². The molecule has 0 bridgehead atoms. The number of carboxylic acid groups (broad SMARTS) is 1. The van der Waals surface area contributed by atoms with Gasteiger partial charge in [-0.05, 0) is 43.9 Å². The topological polar surface area (TPSA) is 60.9 Å². The number of rotatable bonds is 4. The Morgan fingerprint density at radius 1 is 1.35 bits per heavy atom. The summed E-state index contributed by atoms with van der Waals surface area (Å²) in [5, 5.41) is 9.53. The highest BCUT2D eigenvalue weighted by molar-refractivity contribution is 5.83. The van der Waals surface area contributed by atoms with Crippen LogP contribution >= 0.6 is 0 Å². The van der Waals surface area contributed by atoms with Crippen LogP contribution in [0.1, 0.15) is 46.5 Å². The Bertz CT molecular complexity index is 391. The Morgan fingerprint density at radius 2 is 2.00 bits per heavy atom. The van der Waals surface area contributed by atoms with Crippen molar-refractivity contribution < 1.29 is 14.7 Å². The molecule has 1 heterocycles. The summed E-state index contributed by atoms with van der Waals surface area (Å²) in [5.41, 5.74) is -0.362. The third-order valence-corrected chi connectivity index (χ3v) is 4.58. The van der Waals surface area contributed by atoms with Gasteiger partial charge in [0.25, 0.3) is 0 Å². The molecular weight excluding hydrogens is 256 g/mol. The van der Waals surface area contributed by atoms with E-state index >= 15 is 0 Å². The summed E-state index contributed by atoms with van der Waals surface area (Å²) in [5.74, 6) is -0.259. The normalized spacial score (nSPS) is 25.4. The zero-order chi connectivity index (χ0) is 14.9. The summed E-state index contributed by atoms with van der Waals surface area (Å²) in [4.78, 5) is 27.7. The molecule has 1 saturated carbocycles. The molecule has 0 spiro atoms. The van der Waals surface area contributed by atoms with Crippen LogP contribution < -0.4 is 0 Å². The quantitative estimate of drug-likeness (QED) is 0.861. The zero-order valence-electron chi connectivity index (χ0n) is 12.8. The molecule has 20 heavy (non-hydrogen) atoms. The number of amides is 2. The minimum absolute atomic E-state index is 0.0976. The Hall–Kier alpha value is -1.26. The average Bonchev–Trinajstić information content (AvgIpc) is 3.17. The molecule has 1 aliphatic heterocycles. The molecule has 0 aromatic rings. The van der Waals surface area contributed by atoms with Crippen LogP contribution in [0.25, 0.3) is 0 Å². The second-order valence-electron chi connectivity index (χ2n) is 6.79. The Balaban J connectivity index is 2.14. The van der Waals surface area contributed by atoms with Crippen molar-refractivity contribution in [1.29, 1.82) is 0 Å². The first-order chi connectivity index (χ1) is 9.36. The van der Waals surface area contributed by atoms with Crippen LogP contribution in [-0.2, 0) is 4.79 Å². The maximum absolute atomic E-state index is 12.7. The molecule has 2 amide bonds. The fourth-order valence-corrected chi connectivity index (χ4v) is 3.20. The fourth-order valence-electron chi connectivity index (χ4n) is 3.20. The number of hydrogen-bond acceptors (Lipinski definition) is 2. The van der Waals surface area contributed by atoms with Crippen molar-refractivity contribution in [2.24, 2.45) is 11.3 Å². The van der Waals surface area contributed by atoms with E-state index < -0.39 is 12.0 Å². The molecule has 1 N–H and O–H groups in total. The van der Waals surface area contributed by atoms with Gasteiger partial charge in [-0.2, -0.15) is 0 Å². The molecule has 2 fully saturated rings. The number of aliphatic carboxylic acids is 1. The molecule has 0 aromatic carbocycles. The lowest BCUT2D eigenvalue weighted by Gasteiger charge is -2.45. The van der Waals surface area contributed by atoms with E-state index in [9.17, 15) is 14.7 Å². The van der Waals surface area contributed by atoms with Crippen molar-refractivity contribution in [2.75, 3.05) is 19.6 Å². The van der Waals surface area contributed by atoms with Crippen LogP contribution in [0.5, 0.6) is 0 Å². The standard InChI is InChI=1S/C15H26N2O3/c1-4-16(10-11-6-7-11)14(20)17-9-5-8-15(2,3)12(17)13(18)19/h11-12H,4-10H2,1-3H3,(H,18,19). The van der Waals surface area contributed by atoms with E-state index in [0.717, 1.165) is 19.4 Å². The molecule has 1 saturated heterocycles. The average molecular weight is 282 g/mol. The van der Waals surface area contributed by atoms with Crippen molar-refractivity contribution in [3.8, 4) is 0 Å². The van der Waals surface area contributed by atoms with Crippen molar-refractivity contribution >= 4 is 12.0 Å². The van der Waals surface area contributed by atoms with Gasteiger partial charge in [0.2, 0.25) is 0 Å². The van der Waals surface area contributed by atoms with Crippen LogP contribution in [0.4, 0.5) is 4.79 Å². The maximum atomic E-state index is 12.7. The molecule has 114 valence electrons. The van der Waals surface area contributed by atoms with Gasteiger partial charge < -0.3 is 14.9 Å². The van der Waals surface area contributed by atoms with Crippen molar-refractivity contribution in [1.82, 2.24) is 9.80 Å². The number of hydrogen-bond donors (Lipinski definition) is 1. The molecule has 5 nitrogen and oxygen atoms in total. The highest BCUT2D eigenvalue weighted by Crippen LogP contribution is 2.36. The first-order valence-corrected chi connectivity index (χ1v) is 7.65. The molecule has 1 unspecified atom stereocenters. The number of likely N-dealkylation sites (tertiary alicyclic amines) is 1. The van der Waals surface area contributed by atoms with Gasteiger partial charge in [0.05, 0.1) is 0 Å². The highest BCUT2D eigenvalue weighted by atomic mass is 16.4. The molecule has 5 heteroatoms. The molecule has 1 atom stereocenters. The van der Waals surface area contributed by atoms with Crippen LogP contribution in [0.15, 0.2) is 0 Å². The summed E-state index contributed by atoms with van der Waals surface area (Å²) >= 11 is 0. The third-order valence-electron chi connectivity index (χ3n) is 4.58. The SMILES string of the molecule is CCN(CC1CC1)C(=O)N1CCCC(C)(C)C1C(=O)O. The zero-order valence-corrected chi connectivity index (χ0v) is 12.8. The van der Waals surface area contributed by atoms with E-state index in [0.29, 0.717) is 19.0 Å². The monoisotopic (exact) mass is 282 g/mol. The van der Waals surface area contributed by atoms with Gasteiger partial charge in [0.15, 0.2) is 0 Å². The van der Waals surface area contributed by atoms with Crippen LogP contribution in [0, 0.1) is 11.3 Å². The molecule has 2 rings (SSSR count). The molecular formula is C15H26N2O3. The molecule has 1 aliphatic carbocycles. The smallest absolute Gasteiger partial charge is 0.327 e. The van der Waals surface area contributed by atoms with Crippen LogP contribution in [-0.4, -0.2) is 52.6 Å². The minimum atomic E-state index is -0.884. The molecule has 0 aromatic heterocycles. The molecule has 0 radical (unpaired) electrons. The number of carboxylic acids is 1. The second-order valence-corrected chi connectivity index (χ2v) is 6.79. The van der Waals surface area contributed by atoms with Gasteiger partial charge in [-0.25, -0.2) is 9.59 Å². The molecule has 2 aliphatic rings. The number of carbonyl (C=O) groups is 2. The Labute approximate surface area is 120 Å². The van der Waals surface area contributed by atoms with Gasteiger partial charge in [0.1, 0.15) is 6.04 Å². The van der Waals surface area contributed by atoms with Crippen LogP contribution in [0.2, 0.25) is 0 Å². The summed E-state index contributed by atoms with van der Waals surface area (Å²) in [7, 11) is 0.